The molecule has 146 heavy (non-hydrogen) atoms. The van der Waals surface area contributed by atoms with Crippen LogP contribution in [-0.4, -0.2) is 24.9 Å². The topological polar surface area (TPSA) is 129 Å². The minimum absolute atomic E-state index is 0.122. The molecule has 0 radical (unpaired) electrons. The maximum absolute atomic E-state index is 19.2. The van der Waals surface area contributed by atoms with E-state index < -0.39 is 33.6 Å². The van der Waals surface area contributed by atoms with Crippen LogP contribution in [0.1, 0.15) is 106 Å². The van der Waals surface area contributed by atoms with E-state index in [9.17, 15) is 0 Å². The van der Waals surface area contributed by atoms with E-state index in [1.165, 1.54) is 0 Å². The number of halogens is 9. The highest BCUT2D eigenvalue weighted by Gasteiger charge is 2.77. The Labute approximate surface area is 928 Å². The number of primary amides is 1. The number of likely N-dealkylation sites (N-methyl/N-ethyl adjacent to an activating group) is 1. The van der Waals surface area contributed by atoms with Gasteiger partial charge >= 0.3 is 0 Å². The van der Waals surface area contributed by atoms with Gasteiger partial charge in [-0.05, 0) is 367 Å². The molecule has 0 aromatic heterocycles. The number of benzene rings is 18. The van der Waals surface area contributed by atoms with Crippen molar-refractivity contribution in [1.82, 2.24) is 4.90 Å². The van der Waals surface area contributed by atoms with E-state index in [2.05, 4.69) is 381 Å². The Bertz CT molecular complexity index is 7120. The molecule has 732 valence electrons. The average molecular weight is 2510 g/mol. The molecular weight excluding hydrogens is 2410 g/mol. The van der Waals surface area contributed by atoms with Gasteiger partial charge in [-0.15, -0.1) is 0 Å². The number of amides is 1. The summed E-state index contributed by atoms with van der Waals surface area (Å²) >= 11 is 34.5. The zero-order chi connectivity index (χ0) is 101. The van der Waals surface area contributed by atoms with E-state index in [1.54, 1.807) is 0 Å². The Hall–Kier alpha value is -12.1. The molecule has 0 aliphatic rings. The summed E-state index contributed by atoms with van der Waals surface area (Å²) in [6.07, 6.45) is 0. The van der Waals surface area contributed by atoms with Crippen molar-refractivity contribution in [1.29, 1.82) is 0 Å². The lowest BCUT2D eigenvalue weighted by Crippen LogP contribution is -2.74. The van der Waals surface area contributed by atoms with E-state index in [-0.39, 0.29) is 59.5 Å². The first-order valence-electron chi connectivity index (χ1n) is 47.4. The van der Waals surface area contributed by atoms with Gasteiger partial charge in [0.25, 0.3) is 0 Å². The molecule has 12 nitrogen and oxygen atoms in total. The summed E-state index contributed by atoms with van der Waals surface area (Å²) in [5.74, 6) is 5.19. The zero-order valence-corrected chi connectivity index (χ0v) is 93.8. The summed E-state index contributed by atoms with van der Waals surface area (Å²) in [6.45, 7) is 1.31. The van der Waals surface area contributed by atoms with Gasteiger partial charge in [0.05, 0.1) is 56.5 Å². The summed E-state index contributed by atoms with van der Waals surface area (Å²) in [7, 11) is 4.34. The fourth-order valence-electron chi connectivity index (χ4n) is 19.9. The molecule has 2 N–H and O–H groups in total. The molecule has 18 aromatic carbocycles. The summed E-state index contributed by atoms with van der Waals surface area (Å²) in [5, 5.41) is 0. The molecule has 1 atom stereocenters. The summed E-state index contributed by atoms with van der Waals surface area (Å²) < 4.78 is 69.3. The molecular formula is C125H99Br9N2O10. The van der Waals surface area contributed by atoms with Gasteiger partial charge in [-0.3, -0.25) is 4.79 Å². The Morgan fingerprint density at radius 1 is 0.212 bits per heavy atom. The maximum atomic E-state index is 19.2. The van der Waals surface area contributed by atoms with Crippen molar-refractivity contribution >= 4 is 149 Å². The van der Waals surface area contributed by atoms with Crippen molar-refractivity contribution in [3.05, 3.63) is 577 Å². The van der Waals surface area contributed by atoms with E-state index >= 15 is 4.79 Å². The number of carbonyl (C=O) groups is 1. The average Bonchev–Trinajstić information content (AvgIpc) is 0.635. The van der Waals surface area contributed by atoms with Crippen molar-refractivity contribution in [3.63, 3.8) is 0 Å². The molecule has 0 heterocycles. The third kappa shape index (κ3) is 22.5. The third-order valence-electron chi connectivity index (χ3n) is 26.5. The number of ether oxygens (including phenoxy) is 9. The van der Waals surface area contributed by atoms with Crippen molar-refractivity contribution < 1.29 is 47.4 Å². The van der Waals surface area contributed by atoms with Crippen molar-refractivity contribution in [2.45, 2.75) is 87.2 Å². The second-order valence-corrected chi connectivity index (χ2v) is 43.3. The fraction of sp³-hybridized carbons (Fsp3) is 0.128. The first-order valence-corrected chi connectivity index (χ1v) is 54.5. The molecule has 0 fully saturated rings. The molecule has 21 heteroatoms. The first kappa shape index (κ1) is 104. The number of rotatable bonds is 42. The van der Waals surface area contributed by atoms with Gasteiger partial charge in [0.1, 0.15) is 117 Å². The Morgan fingerprint density at radius 2 is 0.363 bits per heavy atom. The number of carbonyl (C=O) groups excluding carboxylic acids is 1. The zero-order valence-electron chi connectivity index (χ0n) is 79.5. The highest BCUT2D eigenvalue weighted by molar-refractivity contribution is 9.12. The van der Waals surface area contributed by atoms with Crippen LogP contribution in [0.5, 0.6) is 51.7 Å². The van der Waals surface area contributed by atoms with Gasteiger partial charge in [-0.25, -0.2) is 0 Å². The van der Waals surface area contributed by atoms with Gasteiger partial charge in [0, 0.05) is 6.04 Å². The molecule has 0 saturated carbocycles. The van der Waals surface area contributed by atoms with E-state index in [4.69, 9.17) is 48.4 Å². The number of nitrogens with zero attached hydrogens (tertiary/aromatic N) is 1. The molecule has 0 aliphatic carbocycles. The van der Waals surface area contributed by atoms with Crippen LogP contribution in [0.3, 0.4) is 0 Å². The summed E-state index contributed by atoms with van der Waals surface area (Å²) in [5.41, 5.74) is 14.1. The summed E-state index contributed by atoms with van der Waals surface area (Å²) in [4.78, 5) is 21.6. The molecule has 1 amide bonds. The Kier molecular flexibility index (Phi) is 34.3. The van der Waals surface area contributed by atoms with Crippen LogP contribution < -0.4 is 48.4 Å². The van der Waals surface area contributed by atoms with Crippen molar-refractivity contribution in [2.24, 2.45) is 5.73 Å². The molecule has 0 saturated heterocycles. The molecule has 0 spiro atoms. The van der Waals surface area contributed by atoms with Crippen LogP contribution in [0.2, 0.25) is 0 Å². The van der Waals surface area contributed by atoms with E-state index in [0.29, 0.717) is 74.0 Å². The molecule has 0 bridgehead atoms. The van der Waals surface area contributed by atoms with Crippen LogP contribution in [0.25, 0.3) is 0 Å². The lowest BCUT2D eigenvalue weighted by molar-refractivity contribution is -0.126. The predicted octanol–water partition coefficient (Wildman–Crippen LogP) is 33.8. The lowest BCUT2D eigenvalue weighted by Gasteiger charge is -2.69. The SMILES string of the molecule is CN(C)C(c1ccc(COc2ccccc2Br)cc1)C(c1ccc(COc2ccccc2Br)cc1)(c1ccc(COc2ccccc2Br)cc1)C(c1ccc(COc2ccccc2Br)cc1)(c1ccc(COc2ccccc2Br)cc1)C(c1ccc(COc2ccccc2Br)cc1)(c1ccc(COc2ccccc2Br)cc1)C(C(N)=O)(c1ccc(COc2ccccc2Br)cc1)c1ccc(COc2ccccc2Br)cc1. The van der Waals surface area contributed by atoms with E-state index in [0.717, 1.165) is 118 Å². The quantitative estimate of drug-likeness (QED) is 0.0392. The third-order valence-corrected chi connectivity index (χ3v) is 32.4. The first-order chi connectivity index (χ1) is 71.2. The van der Waals surface area contributed by atoms with E-state index in [1.807, 2.05) is 218 Å². The molecule has 0 aliphatic heterocycles. The molecule has 18 aromatic rings. The second-order valence-electron chi connectivity index (χ2n) is 35.6. The lowest BCUT2D eigenvalue weighted by atomic mass is 9.31. The highest BCUT2D eigenvalue weighted by atomic mass is 79.9. The van der Waals surface area contributed by atoms with Gasteiger partial charge in [0.15, 0.2) is 0 Å². The Balaban J connectivity index is 1.07. The monoisotopic (exact) mass is 2500 g/mol. The summed E-state index contributed by atoms with van der Waals surface area (Å²) in [6, 6.07) is 149. The largest absolute Gasteiger partial charge is 0.488 e. The predicted molar refractivity (Wildman–Crippen MR) is 613 cm³/mol. The van der Waals surface area contributed by atoms with Crippen LogP contribution >= 0.6 is 143 Å². The maximum Gasteiger partial charge on any atom is 0.233 e. The molecule has 18 rings (SSSR count). The fourth-order valence-corrected chi connectivity index (χ4v) is 23.5. The highest BCUT2D eigenvalue weighted by Crippen LogP contribution is 2.74. The number of nitrogens with two attached hydrogens (primary N) is 1. The van der Waals surface area contributed by atoms with Gasteiger partial charge in [-0.1, -0.05) is 328 Å². The van der Waals surface area contributed by atoms with Crippen LogP contribution in [0.4, 0.5) is 0 Å². The van der Waals surface area contributed by atoms with Gasteiger partial charge in [0.2, 0.25) is 5.91 Å². The smallest absolute Gasteiger partial charge is 0.233 e. The van der Waals surface area contributed by atoms with Crippen LogP contribution in [0.15, 0.2) is 477 Å². The minimum atomic E-state index is -2.28. The number of hydrogen-bond donors (Lipinski definition) is 1. The minimum Gasteiger partial charge on any atom is -0.488 e. The van der Waals surface area contributed by atoms with Crippen LogP contribution in [-0.2, 0) is 85.9 Å². The van der Waals surface area contributed by atoms with Crippen molar-refractivity contribution in [2.75, 3.05) is 14.1 Å². The normalized spacial score (nSPS) is 11.9. The molecule has 1 unspecified atom stereocenters. The number of para-hydroxylation sites is 9. The van der Waals surface area contributed by atoms with Gasteiger partial charge in [-0.2, -0.15) is 0 Å². The van der Waals surface area contributed by atoms with Crippen molar-refractivity contribution in [3.8, 4) is 51.7 Å². The van der Waals surface area contributed by atoms with Gasteiger partial charge < -0.3 is 53.3 Å². The number of hydrogen-bond acceptors (Lipinski definition) is 11. The second kappa shape index (κ2) is 48.3. The standard InChI is InChI=1S/C125H99Br9N2O10/c1-136(2)120(93-57-39-84(40-58-93)75-138-111-30-12-3-21-102(111)126)122(94-59-41-85(42-60-94)76-139-112-31-13-4-22-103(112)127,95-61-43-86(44-62-95)77-140-113-32-14-5-23-104(113)128)124(98-67-49-89(50-68-98)80-143-116-35-17-8-26-107(116)131,99-69-51-90(52-70-99)81-144-117-36-18-9-27-108(117)132)125(100-71-53-91(54-72-100)82-145-118-37-19-10-28-109(118)133,101-73-55-92(56-74-101)83-146-119-38-20-11-29-110(119)134)123(121(135)137,96-63-45-87(46-64-96)78-141-114-33-15-6-24-105(114)129)97-65-47-88(48-66-97)79-142-115-34-16-7-25-106(115)130/h3-74,120H,75-83H2,1-2H3,(H2,135,137). The Morgan fingerprint density at radius 3 is 0.527 bits per heavy atom. The van der Waals surface area contributed by atoms with Crippen LogP contribution in [0, 0.1) is 0 Å².